The van der Waals surface area contributed by atoms with Crippen LogP contribution >= 0.6 is 23.2 Å². The minimum Gasteiger partial charge on any atom is -0.496 e. The highest BCUT2D eigenvalue weighted by Crippen LogP contribution is 2.22. The Kier molecular flexibility index (Phi) is 7.36. The van der Waals surface area contributed by atoms with Crippen molar-refractivity contribution in [3.63, 3.8) is 0 Å². The summed E-state index contributed by atoms with van der Waals surface area (Å²) in [5.74, 6) is 0.914. The van der Waals surface area contributed by atoms with Crippen molar-refractivity contribution in [2.75, 3.05) is 7.11 Å². The van der Waals surface area contributed by atoms with Gasteiger partial charge < -0.3 is 10.1 Å². The second-order valence-electron chi connectivity index (χ2n) is 4.76. The average Bonchev–Trinajstić information content (AvgIpc) is 2.47. The topological polar surface area (TPSA) is 46.0 Å². The van der Waals surface area contributed by atoms with Crippen molar-refractivity contribution >= 4 is 28.9 Å². The molecule has 0 radical (unpaired) electrons. The van der Waals surface area contributed by atoms with Crippen LogP contribution in [-0.2, 0) is 6.42 Å². The van der Waals surface area contributed by atoms with Gasteiger partial charge in [-0.15, -0.1) is 0 Å². The van der Waals surface area contributed by atoms with Crippen LogP contribution in [0.5, 0.6) is 5.75 Å². The van der Waals surface area contributed by atoms with E-state index in [4.69, 9.17) is 33.3 Å². The van der Waals surface area contributed by atoms with Crippen molar-refractivity contribution in [2.45, 2.75) is 27.2 Å². The lowest BCUT2D eigenvalue weighted by Crippen LogP contribution is -1.96. The zero-order valence-electron chi connectivity index (χ0n) is 13.2. The fraction of sp³-hybridized carbons (Fsp3) is 0.294. The Labute approximate surface area is 141 Å². The van der Waals surface area contributed by atoms with E-state index in [1.54, 1.807) is 26.3 Å². The van der Waals surface area contributed by atoms with Gasteiger partial charge in [-0.1, -0.05) is 30.1 Å². The van der Waals surface area contributed by atoms with Crippen LogP contribution in [0, 0.1) is 12.3 Å². The second-order valence-corrected chi connectivity index (χ2v) is 5.58. The van der Waals surface area contributed by atoms with E-state index in [1.807, 2.05) is 25.1 Å². The Morgan fingerprint density at radius 3 is 2.45 bits per heavy atom. The van der Waals surface area contributed by atoms with Gasteiger partial charge in [0.15, 0.2) is 0 Å². The first-order valence-corrected chi connectivity index (χ1v) is 7.64. The molecule has 2 rings (SSSR count). The summed E-state index contributed by atoms with van der Waals surface area (Å²) < 4.78 is 5.13. The molecule has 0 unspecified atom stereocenters. The molecule has 0 atom stereocenters. The number of hydrogen-bond donors (Lipinski definition) is 1. The van der Waals surface area contributed by atoms with Crippen molar-refractivity contribution in [1.29, 1.82) is 5.41 Å². The number of ether oxygens (including phenoxy) is 1. The molecule has 118 valence electrons. The van der Waals surface area contributed by atoms with Gasteiger partial charge in [-0.25, -0.2) is 4.98 Å². The number of pyridine rings is 1. The molecule has 2 aromatic rings. The highest BCUT2D eigenvalue weighted by atomic mass is 35.5. The smallest absolute Gasteiger partial charge is 0.129 e. The summed E-state index contributed by atoms with van der Waals surface area (Å²) in [6.07, 6.45) is 2.57. The van der Waals surface area contributed by atoms with E-state index in [1.165, 1.54) is 0 Å². The number of halogens is 2. The Balaban J connectivity index is 0.000000220. The summed E-state index contributed by atoms with van der Waals surface area (Å²) >= 11 is 11.4. The van der Waals surface area contributed by atoms with Gasteiger partial charge in [-0.2, -0.15) is 0 Å². The molecule has 0 fully saturated rings. The first kappa shape index (κ1) is 18.5. The summed E-state index contributed by atoms with van der Waals surface area (Å²) in [7, 11) is 1.67. The van der Waals surface area contributed by atoms with Gasteiger partial charge in [0, 0.05) is 22.5 Å². The van der Waals surface area contributed by atoms with Gasteiger partial charge in [0.05, 0.1) is 7.11 Å². The molecule has 0 aliphatic heterocycles. The Hall–Kier alpha value is -1.58. The quantitative estimate of drug-likeness (QED) is 0.606. The molecule has 0 aliphatic rings. The van der Waals surface area contributed by atoms with Crippen LogP contribution in [0.3, 0.4) is 0 Å². The maximum atomic E-state index is 7.36. The Bertz CT molecular complexity index is 657. The van der Waals surface area contributed by atoms with Crippen LogP contribution in [0.25, 0.3) is 0 Å². The zero-order chi connectivity index (χ0) is 16.7. The Morgan fingerprint density at radius 1 is 1.27 bits per heavy atom. The average molecular weight is 339 g/mol. The van der Waals surface area contributed by atoms with Crippen LogP contribution in [0.1, 0.15) is 30.5 Å². The van der Waals surface area contributed by atoms with E-state index >= 15 is 0 Å². The summed E-state index contributed by atoms with van der Waals surface area (Å²) in [6, 6.07) is 7.41. The van der Waals surface area contributed by atoms with Crippen molar-refractivity contribution in [2.24, 2.45) is 0 Å². The molecule has 22 heavy (non-hydrogen) atoms. The van der Waals surface area contributed by atoms with Crippen LogP contribution < -0.4 is 4.74 Å². The third-order valence-electron chi connectivity index (χ3n) is 3.10. The highest BCUT2D eigenvalue weighted by Gasteiger charge is 2.01. The first-order valence-electron chi connectivity index (χ1n) is 6.89. The van der Waals surface area contributed by atoms with E-state index < -0.39 is 0 Å². The monoisotopic (exact) mass is 338 g/mol. The molecule has 0 saturated carbocycles. The van der Waals surface area contributed by atoms with Crippen LogP contribution in [0.15, 0.2) is 30.5 Å². The molecular formula is C17H20Cl2N2O. The predicted octanol–water partition coefficient (Wildman–Crippen LogP) is 5.34. The third kappa shape index (κ3) is 5.32. The van der Waals surface area contributed by atoms with Gasteiger partial charge in [-0.05, 0) is 55.7 Å². The third-order valence-corrected chi connectivity index (χ3v) is 3.55. The highest BCUT2D eigenvalue weighted by molar-refractivity contribution is 6.30. The van der Waals surface area contributed by atoms with E-state index in [0.29, 0.717) is 10.9 Å². The van der Waals surface area contributed by atoms with Gasteiger partial charge in [0.25, 0.3) is 0 Å². The molecule has 1 aromatic heterocycles. The molecule has 0 bridgehead atoms. The molecule has 0 aliphatic carbocycles. The van der Waals surface area contributed by atoms with E-state index in [0.717, 1.165) is 33.9 Å². The molecular weight excluding hydrogens is 319 g/mol. The first-order chi connectivity index (χ1) is 10.4. The number of nitrogens with zero attached hydrogens (tertiary/aromatic N) is 1. The molecule has 0 saturated heterocycles. The number of rotatable bonds is 3. The summed E-state index contributed by atoms with van der Waals surface area (Å²) in [5, 5.41) is 8.61. The maximum Gasteiger partial charge on any atom is 0.129 e. The van der Waals surface area contributed by atoms with Crippen LogP contribution in [-0.4, -0.2) is 17.8 Å². The fourth-order valence-corrected chi connectivity index (χ4v) is 2.34. The lowest BCUT2D eigenvalue weighted by atomic mass is 10.1. The van der Waals surface area contributed by atoms with Gasteiger partial charge in [0.1, 0.15) is 10.9 Å². The minimum absolute atomic E-state index is 0.479. The SMILES string of the molecule is CC(=N)c1cnc(Cl)cc1C.CCc1cc(Cl)ccc1OC. The number of hydrogen-bond acceptors (Lipinski definition) is 3. The van der Waals surface area contributed by atoms with Crippen molar-refractivity contribution < 1.29 is 4.74 Å². The molecule has 1 heterocycles. The number of methoxy groups -OCH3 is 1. The number of aryl methyl sites for hydroxylation is 2. The van der Waals surface area contributed by atoms with E-state index in [9.17, 15) is 0 Å². The van der Waals surface area contributed by atoms with Crippen molar-refractivity contribution in [3.8, 4) is 5.75 Å². The Morgan fingerprint density at radius 2 is 1.95 bits per heavy atom. The van der Waals surface area contributed by atoms with Crippen LogP contribution in [0.4, 0.5) is 0 Å². The lowest BCUT2D eigenvalue weighted by molar-refractivity contribution is 0.410. The molecule has 3 nitrogen and oxygen atoms in total. The molecule has 0 spiro atoms. The standard InChI is InChI=1S/C9H11ClO.C8H9ClN2/c1-3-7-6-8(10)4-5-9(7)11-2;1-5-3-8(9)11-4-7(5)6(2)10/h4-6H,3H2,1-2H3;3-4,10H,1-2H3. The molecule has 1 aromatic carbocycles. The largest absolute Gasteiger partial charge is 0.496 e. The molecule has 5 heteroatoms. The molecule has 0 amide bonds. The van der Waals surface area contributed by atoms with Crippen LogP contribution in [0.2, 0.25) is 10.2 Å². The van der Waals surface area contributed by atoms with Crippen molar-refractivity contribution in [3.05, 3.63) is 57.3 Å². The van der Waals surface area contributed by atoms with Gasteiger partial charge >= 0.3 is 0 Å². The van der Waals surface area contributed by atoms with E-state index in [-0.39, 0.29) is 0 Å². The van der Waals surface area contributed by atoms with E-state index in [2.05, 4.69) is 11.9 Å². The lowest BCUT2D eigenvalue weighted by Gasteiger charge is -2.05. The summed E-state index contributed by atoms with van der Waals surface area (Å²) in [5.41, 5.74) is 3.53. The minimum atomic E-state index is 0.479. The predicted molar refractivity (Wildman–Crippen MR) is 93.9 cm³/mol. The van der Waals surface area contributed by atoms with Gasteiger partial charge in [0.2, 0.25) is 0 Å². The van der Waals surface area contributed by atoms with Crippen molar-refractivity contribution in [1.82, 2.24) is 4.98 Å². The normalized spacial score (nSPS) is 9.73. The fourth-order valence-electron chi connectivity index (χ4n) is 1.94. The number of nitrogens with one attached hydrogen (secondary N) is 1. The zero-order valence-corrected chi connectivity index (χ0v) is 14.7. The summed E-state index contributed by atoms with van der Waals surface area (Å²) in [4.78, 5) is 3.89. The number of benzene rings is 1. The second kappa shape index (κ2) is 8.76. The maximum absolute atomic E-state index is 7.36. The van der Waals surface area contributed by atoms with Gasteiger partial charge in [-0.3, -0.25) is 0 Å². The summed E-state index contributed by atoms with van der Waals surface area (Å²) in [6.45, 7) is 5.73. The number of aromatic nitrogens is 1. The molecule has 1 N–H and O–H groups in total.